The smallest absolute Gasteiger partial charge is 0.176 e. The van der Waals surface area contributed by atoms with Crippen LogP contribution in [0, 0.1) is 13.8 Å². The number of aromatic nitrogens is 2. The summed E-state index contributed by atoms with van der Waals surface area (Å²) in [5.41, 5.74) is 3.50. The molecule has 0 aliphatic carbocycles. The lowest BCUT2D eigenvalue weighted by molar-refractivity contribution is 0.0771. The van der Waals surface area contributed by atoms with Crippen molar-refractivity contribution in [3.63, 3.8) is 0 Å². The number of hydrogen-bond acceptors (Lipinski definition) is 8. The topological polar surface area (TPSA) is 88.6 Å². The molecule has 0 unspecified atom stereocenters. The molecule has 5 heterocycles. The van der Waals surface area contributed by atoms with Crippen LogP contribution in [-0.4, -0.2) is 60.5 Å². The predicted octanol–water partition coefficient (Wildman–Crippen LogP) is 3.87. The van der Waals surface area contributed by atoms with E-state index in [1.54, 1.807) is 0 Å². The van der Waals surface area contributed by atoms with Crippen LogP contribution in [0.1, 0.15) is 42.9 Å². The third kappa shape index (κ3) is 4.53. The highest BCUT2D eigenvalue weighted by atomic mass is 16.5. The van der Waals surface area contributed by atoms with Gasteiger partial charge in [0.1, 0.15) is 11.5 Å². The molecule has 5 rings (SSSR count). The van der Waals surface area contributed by atoms with E-state index in [0.29, 0.717) is 18.6 Å². The summed E-state index contributed by atoms with van der Waals surface area (Å²) in [6.07, 6.45) is 4.27. The fourth-order valence-corrected chi connectivity index (χ4v) is 4.76. The number of aryl methyl sites for hydroxylation is 2. The van der Waals surface area contributed by atoms with E-state index in [1.807, 2.05) is 13.8 Å². The second-order valence-electron chi connectivity index (χ2n) is 9.18. The van der Waals surface area contributed by atoms with E-state index in [9.17, 15) is 0 Å². The zero-order valence-electron chi connectivity index (χ0n) is 19.2. The van der Waals surface area contributed by atoms with Gasteiger partial charge in [0.25, 0.3) is 0 Å². The first-order valence-electron chi connectivity index (χ1n) is 11.7. The Labute approximate surface area is 188 Å². The summed E-state index contributed by atoms with van der Waals surface area (Å²) < 4.78 is 17.2. The molecule has 2 fully saturated rings. The van der Waals surface area contributed by atoms with Crippen molar-refractivity contribution in [1.29, 1.82) is 0 Å². The Bertz CT molecular complexity index is 1040. The summed E-state index contributed by atoms with van der Waals surface area (Å²) in [5, 5.41) is 12.5. The fraction of sp³-hybridized carbons (Fsp3) is 0.583. The second kappa shape index (κ2) is 9.21. The van der Waals surface area contributed by atoms with Crippen LogP contribution in [0.3, 0.4) is 0 Å². The van der Waals surface area contributed by atoms with Gasteiger partial charge < -0.3 is 29.2 Å². The minimum Gasteiger partial charge on any atom is -0.456 e. The predicted molar refractivity (Wildman–Crippen MR) is 124 cm³/mol. The number of ether oxygens (including phenoxy) is 1. The van der Waals surface area contributed by atoms with Crippen LogP contribution in [0.4, 0.5) is 5.82 Å². The standard InChI is InChI=1S/C24H33N5O3/c1-15-22(16(2)32-28-15)21-13-17-12-20(14-25-18-6-10-30-11-7-18)31-23(17)24(27-21)26-19-4-8-29(3)9-5-19/h12-13,18-19,25H,4-11,14H2,1-3H3,(H,26,27). The molecule has 3 aromatic heterocycles. The molecule has 0 amide bonds. The first kappa shape index (κ1) is 21.4. The molecule has 0 spiro atoms. The summed E-state index contributed by atoms with van der Waals surface area (Å²) in [6, 6.07) is 5.08. The summed E-state index contributed by atoms with van der Waals surface area (Å²) in [5.74, 6) is 2.52. The number of anilines is 1. The molecule has 0 radical (unpaired) electrons. The van der Waals surface area contributed by atoms with E-state index in [4.69, 9.17) is 18.7 Å². The molecule has 2 N–H and O–H groups in total. The van der Waals surface area contributed by atoms with E-state index in [2.05, 4.69) is 39.9 Å². The van der Waals surface area contributed by atoms with Crippen LogP contribution in [-0.2, 0) is 11.3 Å². The van der Waals surface area contributed by atoms with Crippen LogP contribution in [0.5, 0.6) is 0 Å². The molecule has 0 aromatic carbocycles. The van der Waals surface area contributed by atoms with E-state index in [1.165, 1.54) is 0 Å². The lowest BCUT2D eigenvalue weighted by Gasteiger charge is -2.29. The average molecular weight is 440 g/mol. The van der Waals surface area contributed by atoms with Crippen molar-refractivity contribution < 1.29 is 13.7 Å². The van der Waals surface area contributed by atoms with Crippen molar-refractivity contribution in [2.45, 2.75) is 58.2 Å². The molecule has 3 aromatic rings. The largest absolute Gasteiger partial charge is 0.456 e. The minimum atomic E-state index is 0.385. The number of likely N-dealkylation sites (tertiary alicyclic amines) is 1. The number of hydrogen-bond donors (Lipinski definition) is 2. The Balaban J connectivity index is 1.45. The van der Waals surface area contributed by atoms with Crippen LogP contribution < -0.4 is 10.6 Å². The number of furan rings is 1. The zero-order valence-corrected chi connectivity index (χ0v) is 19.2. The summed E-state index contributed by atoms with van der Waals surface area (Å²) in [6.45, 7) is 8.42. The van der Waals surface area contributed by atoms with Crippen LogP contribution in [0.25, 0.3) is 22.2 Å². The first-order valence-corrected chi connectivity index (χ1v) is 11.7. The number of piperidine rings is 1. The second-order valence-corrected chi connectivity index (χ2v) is 9.18. The molecule has 2 saturated heterocycles. The van der Waals surface area contributed by atoms with Crippen molar-refractivity contribution in [3.8, 4) is 11.3 Å². The molecule has 0 saturated carbocycles. The van der Waals surface area contributed by atoms with E-state index >= 15 is 0 Å². The highest BCUT2D eigenvalue weighted by molar-refractivity contribution is 5.91. The van der Waals surface area contributed by atoms with Gasteiger partial charge in [-0.05, 0) is 71.8 Å². The van der Waals surface area contributed by atoms with Crippen LogP contribution in [0.2, 0.25) is 0 Å². The quantitative estimate of drug-likeness (QED) is 0.598. The van der Waals surface area contributed by atoms with Gasteiger partial charge in [0.2, 0.25) is 0 Å². The molecule has 172 valence electrons. The van der Waals surface area contributed by atoms with Gasteiger partial charge in [0, 0.05) is 30.7 Å². The van der Waals surface area contributed by atoms with Gasteiger partial charge in [-0.3, -0.25) is 0 Å². The first-order chi connectivity index (χ1) is 15.6. The van der Waals surface area contributed by atoms with E-state index in [0.717, 1.165) is 97.2 Å². The van der Waals surface area contributed by atoms with E-state index < -0.39 is 0 Å². The van der Waals surface area contributed by atoms with Gasteiger partial charge in [-0.15, -0.1) is 0 Å². The highest BCUT2D eigenvalue weighted by Crippen LogP contribution is 2.34. The zero-order chi connectivity index (χ0) is 22.1. The van der Waals surface area contributed by atoms with Crippen LogP contribution in [0.15, 0.2) is 21.1 Å². The third-order valence-electron chi connectivity index (χ3n) is 6.69. The average Bonchev–Trinajstić information content (AvgIpc) is 3.37. The number of nitrogens with one attached hydrogen (secondary N) is 2. The monoisotopic (exact) mass is 439 g/mol. The Morgan fingerprint density at radius 2 is 1.84 bits per heavy atom. The Kier molecular flexibility index (Phi) is 6.17. The molecular formula is C24H33N5O3. The summed E-state index contributed by atoms with van der Waals surface area (Å²) in [4.78, 5) is 7.36. The fourth-order valence-electron chi connectivity index (χ4n) is 4.76. The molecule has 2 aliphatic heterocycles. The Morgan fingerprint density at radius 1 is 1.06 bits per heavy atom. The van der Waals surface area contributed by atoms with Crippen molar-refractivity contribution >= 4 is 16.8 Å². The Hall–Kier alpha value is -2.42. The maximum atomic E-state index is 6.32. The molecule has 0 bridgehead atoms. The van der Waals surface area contributed by atoms with Gasteiger partial charge in [-0.25, -0.2) is 4.98 Å². The normalized spacial score (nSPS) is 19.1. The molecular weight excluding hydrogens is 406 g/mol. The summed E-state index contributed by atoms with van der Waals surface area (Å²) in [7, 11) is 2.18. The maximum absolute atomic E-state index is 6.32. The molecule has 8 nitrogen and oxygen atoms in total. The highest BCUT2D eigenvalue weighted by Gasteiger charge is 2.22. The van der Waals surface area contributed by atoms with Gasteiger partial charge in [-0.1, -0.05) is 5.16 Å². The van der Waals surface area contributed by atoms with E-state index in [-0.39, 0.29) is 0 Å². The number of pyridine rings is 1. The number of fused-ring (bicyclic) bond motifs is 1. The van der Waals surface area contributed by atoms with Crippen molar-refractivity contribution in [3.05, 3.63) is 29.3 Å². The summed E-state index contributed by atoms with van der Waals surface area (Å²) >= 11 is 0. The molecule has 8 heteroatoms. The van der Waals surface area contributed by atoms with Crippen molar-refractivity contribution in [2.75, 3.05) is 38.7 Å². The number of nitrogens with zero attached hydrogens (tertiary/aromatic N) is 3. The van der Waals surface area contributed by atoms with Crippen LogP contribution >= 0.6 is 0 Å². The van der Waals surface area contributed by atoms with Gasteiger partial charge in [0.05, 0.1) is 23.5 Å². The van der Waals surface area contributed by atoms with Crippen molar-refractivity contribution in [1.82, 2.24) is 20.4 Å². The molecule has 0 atom stereocenters. The molecule has 2 aliphatic rings. The Morgan fingerprint density at radius 3 is 2.56 bits per heavy atom. The van der Waals surface area contributed by atoms with Gasteiger partial charge >= 0.3 is 0 Å². The van der Waals surface area contributed by atoms with Gasteiger partial charge in [-0.2, -0.15) is 0 Å². The minimum absolute atomic E-state index is 0.385. The maximum Gasteiger partial charge on any atom is 0.176 e. The van der Waals surface area contributed by atoms with Crippen molar-refractivity contribution in [2.24, 2.45) is 0 Å². The number of rotatable bonds is 6. The third-order valence-corrected chi connectivity index (χ3v) is 6.69. The van der Waals surface area contributed by atoms with Gasteiger partial charge in [0.15, 0.2) is 11.4 Å². The lowest BCUT2D eigenvalue weighted by Crippen LogP contribution is -2.36. The lowest BCUT2D eigenvalue weighted by atomic mass is 10.1. The molecule has 32 heavy (non-hydrogen) atoms. The SMILES string of the molecule is Cc1noc(C)c1-c1cc2cc(CNC3CCOCC3)oc2c(NC2CCN(C)CC2)n1.